The van der Waals surface area contributed by atoms with Gasteiger partial charge in [-0.15, -0.1) is 0 Å². The van der Waals surface area contributed by atoms with Crippen molar-refractivity contribution in [2.24, 2.45) is 17.6 Å². The Morgan fingerprint density at radius 1 is 1.05 bits per heavy atom. The van der Waals surface area contributed by atoms with Crippen LogP contribution >= 0.6 is 0 Å². The van der Waals surface area contributed by atoms with Crippen molar-refractivity contribution in [1.82, 2.24) is 5.32 Å². The van der Waals surface area contributed by atoms with Gasteiger partial charge in [-0.25, -0.2) is 0 Å². The average Bonchev–Trinajstić information content (AvgIpc) is 2.44. The normalized spacial score (nSPS) is 14.3. The van der Waals surface area contributed by atoms with E-state index in [2.05, 4.69) is 57.3 Å². The fourth-order valence-corrected chi connectivity index (χ4v) is 2.46. The summed E-state index contributed by atoms with van der Waals surface area (Å²) in [5.41, 5.74) is 8.18. The van der Waals surface area contributed by atoms with E-state index in [9.17, 15) is 4.79 Å². The summed E-state index contributed by atoms with van der Waals surface area (Å²) in [6, 6.07) is 8.48. The highest BCUT2D eigenvalue weighted by Gasteiger charge is 2.20. The molecule has 0 aromatic heterocycles. The maximum Gasteiger partial charge on any atom is 0.224 e. The Labute approximate surface area is 129 Å². The molecule has 3 heteroatoms. The van der Waals surface area contributed by atoms with Crippen LogP contribution in [-0.4, -0.2) is 12.5 Å². The fraction of sp³-hybridized carbons (Fsp3) is 0.611. The van der Waals surface area contributed by atoms with E-state index >= 15 is 0 Å². The van der Waals surface area contributed by atoms with Gasteiger partial charge in [0.25, 0.3) is 0 Å². The number of nitrogens with one attached hydrogen (secondary N) is 1. The summed E-state index contributed by atoms with van der Waals surface area (Å²) >= 11 is 0. The van der Waals surface area contributed by atoms with Gasteiger partial charge < -0.3 is 11.1 Å². The van der Waals surface area contributed by atoms with E-state index < -0.39 is 0 Å². The highest BCUT2D eigenvalue weighted by atomic mass is 16.1. The summed E-state index contributed by atoms with van der Waals surface area (Å²) in [7, 11) is 0. The Hall–Kier alpha value is -1.35. The summed E-state index contributed by atoms with van der Waals surface area (Å²) in [6.07, 6.45) is 0.835. The number of rotatable bonds is 7. The van der Waals surface area contributed by atoms with Crippen LogP contribution in [0.5, 0.6) is 0 Å². The lowest BCUT2D eigenvalue weighted by Gasteiger charge is -2.21. The van der Waals surface area contributed by atoms with E-state index in [1.54, 1.807) is 0 Å². The summed E-state index contributed by atoms with van der Waals surface area (Å²) < 4.78 is 0. The second-order valence-electron chi connectivity index (χ2n) is 6.61. The first-order chi connectivity index (χ1) is 9.85. The number of carbonyl (C=O) groups is 1. The van der Waals surface area contributed by atoms with E-state index in [1.165, 1.54) is 5.56 Å². The Morgan fingerprint density at radius 2 is 1.57 bits per heavy atom. The number of hydrogen-bond donors (Lipinski definition) is 2. The van der Waals surface area contributed by atoms with Crippen molar-refractivity contribution in [2.45, 2.75) is 53.0 Å². The molecule has 0 fully saturated rings. The third kappa shape index (κ3) is 5.50. The summed E-state index contributed by atoms with van der Waals surface area (Å²) in [5, 5.41) is 3.08. The molecule has 1 aromatic carbocycles. The number of carbonyl (C=O) groups excluding carboxylic acids is 1. The minimum absolute atomic E-state index is 0.0138. The van der Waals surface area contributed by atoms with Crippen molar-refractivity contribution in [3.05, 3.63) is 35.4 Å². The minimum atomic E-state index is -0.0950. The second-order valence-corrected chi connectivity index (χ2v) is 6.61. The zero-order valence-electron chi connectivity index (χ0n) is 14.0. The molecule has 1 amide bonds. The standard InChI is InChI=1S/C18H30N2O/c1-12(2)10-17(11-19)18(21)20-14(5)16-8-6-15(7-9-16)13(3)4/h6-9,12-14,17H,10-11,19H2,1-5H3,(H,20,21). The van der Waals surface area contributed by atoms with E-state index in [0.717, 1.165) is 12.0 Å². The van der Waals surface area contributed by atoms with Crippen LogP contribution in [0.25, 0.3) is 0 Å². The molecule has 0 saturated heterocycles. The van der Waals surface area contributed by atoms with Gasteiger partial charge in [0, 0.05) is 6.54 Å². The van der Waals surface area contributed by atoms with E-state index in [4.69, 9.17) is 5.73 Å². The van der Waals surface area contributed by atoms with Gasteiger partial charge in [0.15, 0.2) is 0 Å². The van der Waals surface area contributed by atoms with Gasteiger partial charge in [-0.2, -0.15) is 0 Å². The molecular formula is C18H30N2O. The predicted octanol–water partition coefficient (Wildman–Crippen LogP) is 3.61. The van der Waals surface area contributed by atoms with Gasteiger partial charge in [-0.05, 0) is 36.3 Å². The van der Waals surface area contributed by atoms with Crippen LogP contribution in [-0.2, 0) is 4.79 Å². The van der Waals surface area contributed by atoms with Gasteiger partial charge in [-0.1, -0.05) is 52.0 Å². The average molecular weight is 290 g/mol. The van der Waals surface area contributed by atoms with Gasteiger partial charge in [0.1, 0.15) is 0 Å². The first-order valence-electron chi connectivity index (χ1n) is 7.95. The molecule has 0 bridgehead atoms. The molecule has 0 aliphatic heterocycles. The summed E-state index contributed by atoms with van der Waals surface area (Å²) in [5.74, 6) is 0.968. The molecule has 0 radical (unpaired) electrons. The van der Waals surface area contributed by atoms with Crippen molar-refractivity contribution in [3.8, 4) is 0 Å². The predicted molar refractivity (Wildman–Crippen MR) is 89.1 cm³/mol. The van der Waals surface area contributed by atoms with Gasteiger partial charge in [0.2, 0.25) is 5.91 Å². The zero-order chi connectivity index (χ0) is 16.0. The van der Waals surface area contributed by atoms with Crippen molar-refractivity contribution in [3.63, 3.8) is 0 Å². The van der Waals surface area contributed by atoms with Crippen LogP contribution in [0.4, 0.5) is 0 Å². The number of amides is 1. The largest absolute Gasteiger partial charge is 0.349 e. The molecule has 21 heavy (non-hydrogen) atoms. The molecule has 0 spiro atoms. The monoisotopic (exact) mass is 290 g/mol. The Balaban J connectivity index is 2.66. The zero-order valence-corrected chi connectivity index (χ0v) is 14.0. The molecule has 0 aliphatic carbocycles. The Kier molecular flexibility index (Phi) is 6.90. The van der Waals surface area contributed by atoms with Crippen molar-refractivity contribution < 1.29 is 4.79 Å². The van der Waals surface area contributed by atoms with Gasteiger partial charge in [-0.3, -0.25) is 4.79 Å². The van der Waals surface area contributed by atoms with Crippen LogP contribution < -0.4 is 11.1 Å². The third-order valence-electron chi connectivity index (χ3n) is 3.87. The molecule has 1 rings (SSSR count). The van der Waals surface area contributed by atoms with E-state index in [-0.39, 0.29) is 17.9 Å². The molecule has 0 heterocycles. The molecule has 1 aromatic rings. The quantitative estimate of drug-likeness (QED) is 0.806. The van der Waals surface area contributed by atoms with Crippen LogP contribution in [0.2, 0.25) is 0 Å². The number of hydrogen-bond acceptors (Lipinski definition) is 2. The van der Waals surface area contributed by atoms with E-state index in [0.29, 0.717) is 18.4 Å². The fourth-order valence-electron chi connectivity index (χ4n) is 2.46. The SMILES string of the molecule is CC(C)CC(CN)C(=O)NC(C)c1ccc(C(C)C)cc1. The van der Waals surface area contributed by atoms with Gasteiger partial charge in [0.05, 0.1) is 12.0 Å². The first kappa shape index (κ1) is 17.7. The van der Waals surface area contributed by atoms with E-state index in [1.807, 2.05) is 6.92 Å². The molecule has 118 valence electrons. The summed E-state index contributed by atoms with van der Waals surface area (Å²) in [4.78, 5) is 12.3. The molecule has 0 aliphatic rings. The van der Waals surface area contributed by atoms with Crippen LogP contribution in [0.1, 0.15) is 64.1 Å². The van der Waals surface area contributed by atoms with Gasteiger partial charge >= 0.3 is 0 Å². The molecule has 0 saturated carbocycles. The van der Waals surface area contributed by atoms with Crippen molar-refractivity contribution >= 4 is 5.91 Å². The first-order valence-corrected chi connectivity index (χ1v) is 7.95. The lowest BCUT2D eigenvalue weighted by Crippen LogP contribution is -2.37. The second kappa shape index (κ2) is 8.18. The highest BCUT2D eigenvalue weighted by Crippen LogP contribution is 2.19. The Bertz CT molecular complexity index is 437. The van der Waals surface area contributed by atoms with Crippen LogP contribution in [0, 0.1) is 11.8 Å². The lowest BCUT2D eigenvalue weighted by molar-refractivity contribution is -0.125. The van der Waals surface area contributed by atoms with Crippen LogP contribution in [0.3, 0.4) is 0 Å². The Morgan fingerprint density at radius 3 is 2.00 bits per heavy atom. The number of benzene rings is 1. The third-order valence-corrected chi connectivity index (χ3v) is 3.87. The highest BCUT2D eigenvalue weighted by molar-refractivity contribution is 5.79. The molecule has 3 nitrogen and oxygen atoms in total. The lowest BCUT2D eigenvalue weighted by atomic mass is 9.95. The van der Waals surface area contributed by atoms with Crippen molar-refractivity contribution in [1.29, 1.82) is 0 Å². The topological polar surface area (TPSA) is 55.1 Å². The summed E-state index contributed by atoms with van der Waals surface area (Å²) in [6.45, 7) is 11.0. The minimum Gasteiger partial charge on any atom is -0.349 e. The van der Waals surface area contributed by atoms with Crippen LogP contribution in [0.15, 0.2) is 24.3 Å². The molecule has 3 N–H and O–H groups in total. The smallest absolute Gasteiger partial charge is 0.224 e. The maximum absolute atomic E-state index is 12.3. The number of nitrogens with two attached hydrogens (primary N) is 1. The molecule has 2 unspecified atom stereocenters. The molecular weight excluding hydrogens is 260 g/mol. The maximum atomic E-state index is 12.3. The molecule has 2 atom stereocenters. The van der Waals surface area contributed by atoms with Crippen molar-refractivity contribution in [2.75, 3.05) is 6.54 Å².